The summed E-state index contributed by atoms with van der Waals surface area (Å²) in [6.45, 7) is 8.46. The van der Waals surface area contributed by atoms with Gasteiger partial charge in [0.15, 0.2) is 0 Å². The molecule has 1 nitrogen and oxygen atoms in total. The van der Waals surface area contributed by atoms with Crippen LogP contribution in [0.1, 0.15) is 90.4 Å². The number of hydrogen-bond donors (Lipinski definition) is 0. The van der Waals surface area contributed by atoms with E-state index in [2.05, 4.69) is 25.5 Å². The smallest absolute Gasteiger partial charge is 0.0157 e. The predicted octanol–water partition coefficient (Wildman–Crippen LogP) is 6.69. The van der Waals surface area contributed by atoms with Gasteiger partial charge in [-0.2, -0.15) is 0 Å². The second kappa shape index (κ2) is 11.3. The molecule has 2 aliphatic rings. The van der Waals surface area contributed by atoms with E-state index in [1.54, 1.807) is 25.7 Å². The molecule has 0 aliphatic heterocycles. The summed E-state index contributed by atoms with van der Waals surface area (Å²) in [6, 6.07) is 0. The number of rotatable bonds is 10. The van der Waals surface area contributed by atoms with Crippen LogP contribution in [0.4, 0.5) is 0 Å². The number of unbranched alkanes of at least 4 members (excludes halogenated alkanes) is 2. The van der Waals surface area contributed by atoms with Crippen LogP contribution in [-0.2, 0) is 0 Å². The molecular formula is C23H43N. The van der Waals surface area contributed by atoms with E-state index in [0.717, 1.165) is 30.2 Å². The summed E-state index contributed by atoms with van der Waals surface area (Å²) in [6.07, 6.45) is 21.5. The van der Waals surface area contributed by atoms with Crippen LogP contribution < -0.4 is 0 Å². The Balaban J connectivity index is 1.58. The lowest BCUT2D eigenvalue weighted by molar-refractivity contribution is 0.137. The molecule has 2 fully saturated rings. The standard InChI is InChI=1S/C23H43N/c1-4-6-7-8-20-9-13-22(14-10-20)23-15-11-21(12-16-23)17-19-24(3)18-5-2/h5,20-23H,2,4,6-19H2,1,3H3. The lowest BCUT2D eigenvalue weighted by Crippen LogP contribution is -2.27. The molecule has 0 radical (unpaired) electrons. The molecule has 0 spiro atoms. The van der Waals surface area contributed by atoms with Crippen molar-refractivity contribution in [3.05, 3.63) is 12.7 Å². The molecule has 24 heavy (non-hydrogen) atoms. The van der Waals surface area contributed by atoms with Gasteiger partial charge in [0.2, 0.25) is 0 Å². The molecule has 0 aromatic heterocycles. The Morgan fingerprint density at radius 3 is 1.88 bits per heavy atom. The maximum Gasteiger partial charge on any atom is 0.0157 e. The Hall–Kier alpha value is -0.300. The van der Waals surface area contributed by atoms with Gasteiger partial charge < -0.3 is 4.90 Å². The monoisotopic (exact) mass is 333 g/mol. The van der Waals surface area contributed by atoms with Gasteiger partial charge in [0.05, 0.1) is 0 Å². The highest BCUT2D eigenvalue weighted by molar-refractivity contribution is 4.82. The van der Waals surface area contributed by atoms with Gasteiger partial charge in [-0.1, -0.05) is 64.4 Å². The number of likely N-dealkylation sites (N-methyl/N-ethyl adjacent to an activating group) is 1. The lowest BCUT2D eigenvalue weighted by Gasteiger charge is -2.38. The fourth-order valence-corrected chi connectivity index (χ4v) is 5.29. The van der Waals surface area contributed by atoms with Crippen molar-refractivity contribution in [1.29, 1.82) is 0 Å². The van der Waals surface area contributed by atoms with Crippen LogP contribution in [0, 0.1) is 23.7 Å². The third-order valence-corrected chi connectivity index (χ3v) is 7.03. The molecule has 2 aliphatic carbocycles. The van der Waals surface area contributed by atoms with Gasteiger partial charge in [0.25, 0.3) is 0 Å². The van der Waals surface area contributed by atoms with Gasteiger partial charge in [-0.3, -0.25) is 0 Å². The first-order valence-electron chi connectivity index (χ1n) is 11.0. The SMILES string of the molecule is C=CCN(C)CCC1CCC(C2CCC(CCCCC)CC2)CC1. The van der Waals surface area contributed by atoms with Gasteiger partial charge in [0, 0.05) is 6.54 Å². The summed E-state index contributed by atoms with van der Waals surface area (Å²) in [5.41, 5.74) is 0. The molecule has 0 aromatic carbocycles. The molecule has 0 aromatic rings. The first-order chi connectivity index (χ1) is 11.7. The number of hydrogen-bond acceptors (Lipinski definition) is 1. The Kier molecular flexibility index (Phi) is 9.46. The summed E-state index contributed by atoms with van der Waals surface area (Å²) in [5.74, 6) is 4.23. The molecule has 0 unspecified atom stereocenters. The van der Waals surface area contributed by atoms with Crippen molar-refractivity contribution >= 4 is 0 Å². The number of nitrogens with zero attached hydrogens (tertiary/aromatic N) is 1. The molecule has 0 saturated heterocycles. The first-order valence-corrected chi connectivity index (χ1v) is 11.0. The van der Waals surface area contributed by atoms with Gasteiger partial charge in [-0.15, -0.1) is 6.58 Å². The fraction of sp³-hybridized carbons (Fsp3) is 0.913. The second-order valence-corrected chi connectivity index (χ2v) is 8.90. The summed E-state index contributed by atoms with van der Waals surface area (Å²) >= 11 is 0. The fourth-order valence-electron chi connectivity index (χ4n) is 5.29. The van der Waals surface area contributed by atoms with Gasteiger partial charge >= 0.3 is 0 Å². The zero-order valence-electron chi connectivity index (χ0n) is 16.6. The van der Waals surface area contributed by atoms with Crippen LogP contribution in [0.3, 0.4) is 0 Å². The van der Waals surface area contributed by atoms with Crippen molar-refractivity contribution in [3.8, 4) is 0 Å². The van der Waals surface area contributed by atoms with E-state index in [-0.39, 0.29) is 0 Å². The van der Waals surface area contributed by atoms with Crippen molar-refractivity contribution in [3.63, 3.8) is 0 Å². The van der Waals surface area contributed by atoms with Crippen molar-refractivity contribution < 1.29 is 0 Å². The van der Waals surface area contributed by atoms with Gasteiger partial charge in [-0.25, -0.2) is 0 Å². The normalized spacial score (nSPS) is 31.3. The third kappa shape index (κ3) is 6.90. The molecule has 140 valence electrons. The van der Waals surface area contributed by atoms with E-state index in [9.17, 15) is 0 Å². The zero-order valence-corrected chi connectivity index (χ0v) is 16.6. The van der Waals surface area contributed by atoms with Crippen LogP contribution >= 0.6 is 0 Å². The van der Waals surface area contributed by atoms with Crippen LogP contribution in [0.2, 0.25) is 0 Å². The maximum atomic E-state index is 3.84. The molecule has 0 bridgehead atoms. The van der Waals surface area contributed by atoms with Gasteiger partial charge in [-0.05, 0) is 69.4 Å². The summed E-state index contributed by atoms with van der Waals surface area (Å²) < 4.78 is 0. The average Bonchev–Trinajstić information content (AvgIpc) is 2.62. The van der Waals surface area contributed by atoms with E-state index < -0.39 is 0 Å². The van der Waals surface area contributed by atoms with Crippen molar-refractivity contribution in [2.75, 3.05) is 20.1 Å². The molecule has 2 rings (SSSR count). The Labute approximate surface area is 152 Å². The van der Waals surface area contributed by atoms with Crippen LogP contribution in [0.5, 0.6) is 0 Å². The highest BCUT2D eigenvalue weighted by Gasteiger charge is 2.30. The minimum Gasteiger partial charge on any atom is -0.303 e. The summed E-state index contributed by atoms with van der Waals surface area (Å²) in [5, 5.41) is 0. The van der Waals surface area contributed by atoms with Crippen molar-refractivity contribution in [1.82, 2.24) is 4.90 Å². The largest absolute Gasteiger partial charge is 0.303 e. The Bertz CT molecular complexity index is 321. The minimum absolute atomic E-state index is 0.999. The summed E-state index contributed by atoms with van der Waals surface area (Å²) in [4.78, 5) is 2.42. The third-order valence-electron chi connectivity index (χ3n) is 7.03. The zero-order chi connectivity index (χ0) is 17.2. The van der Waals surface area contributed by atoms with Crippen molar-refractivity contribution in [2.24, 2.45) is 23.7 Å². The predicted molar refractivity (Wildman–Crippen MR) is 107 cm³/mol. The molecule has 0 atom stereocenters. The molecule has 0 N–H and O–H groups in total. The quantitative estimate of drug-likeness (QED) is 0.318. The summed E-state index contributed by atoms with van der Waals surface area (Å²) in [7, 11) is 2.23. The van der Waals surface area contributed by atoms with E-state index >= 15 is 0 Å². The second-order valence-electron chi connectivity index (χ2n) is 8.90. The maximum absolute atomic E-state index is 3.84. The van der Waals surface area contributed by atoms with E-state index in [4.69, 9.17) is 0 Å². The van der Waals surface area contributed by atoms with Crippen LogP contribution in [0.25, 0.3) is 0 Å². The highest BCUT2D eigenvalue weighted by atomic mass is 15.1. The Morgan fingerprint density at radius 2 is 1.38 bits per heavy atom. The minimum atomic E-state index is 0.999. The highest BCUT2D eigenvalue weighted by Crippen LogP contribution is 2.42. The van der Waals surface area contributed by atoms with Crippen LogP contribution in [0.15, 0.2) is 12.7 Å². The average molecular weight is 334 g/mol. The Morgan fingerprint density at radius 1 is 0.833 bits per heavy atom. The first kappa shape index (κ1) is 20.0. The molecule has 1 heteroatoms. The lowest BCUT2D eigenvalue weighted by atomic mass is 9.68. The van der Waals surface area contributed by atoms with Crippen LogP contribution in [-0.4, -0.2) is 25.0 Å². The van der Waals surface area contributed by atoms with E-state index in [1.807, 2.05) is 6.08 Å². The molecular weight excluding hydrogens is 290 g/mol. The topological polar surface area (TPSA) is 3.24 Å². The van der Waals surface area contributed by atoms with E-state index in [1.165, 1.54) is 64.3 Å². The van der Waals surface area contributed by atoms with Gasteiger partial charge in [0.1, 0.15) is 0 Å². The molecule has 0 heterocycles. The van der Waals surface area contributed by atoms with Crippen molar-refractivity contribution in [2.45, 2.75) is 90.4 Å². The molecule has 0 amide bonds. The molecule has 2 saturated carbocycles. The van der Waals surface area contributed by atoms with E-state index in [0.29, 0.717) is 0 Å².